The summed E-state index contributed by atoms with van der Waals surface area (Å²) in [6.07, 6.45) is 2.59. The van der Waals surface area contributed by atoms with Gasteiger partial charge in [0.2, 0.25) is 0 Å². The Morgan fingerprint density at radius 2 is 1.39 bits per heavy atom. The molecule has 0 amide bonds. The van der Waals surface area contributed by atoms with Gasteiger partial charge in [-0.15, -0.1) is 0 Å². The molecular weight excluding hydrogens is 368 g/mol. The van der Waals surface area contributed by atoms with E-state index >= 15 is 0 Å². The summed E-state index contributed by atoms with van der Waals surface area (Å²) >= 11 is 0. The maximum atomic E-state index is 10.6. The van der Waals surface area contributed by atoms with Crippen molar-refractivity contribution in [3.05, 3.63) is 25.3 Å². The van der Waals surface area contributed by atoms with Crippen LogP contribution in [0.2, 0.25) is 0 Å². The second-order valence-electron chi connectivity index (χ2n) is 6.83. The first kappa shape index (κ1) is 28.5. The fraction of sp³-hybridized carbons (Fsp3) is 0.700. The second-order valence-corrected chi connectivity index (χ2v) is 6.83. The SMILES string of the molecule is C=CC(=O)OCC(O)COC(C)(C)C.C=CC(=O)OCC(O)COCCCC. The quantitative estimate of drug-likeness (QED) is 0.271. The van der Waals surface area contributed by atoms with E-state index in [1.54, 1.807) is 0 Å². The van der Waals surface area contributed by atoms with Crippen molar-refractivity contribution in [2.75, 3.05) is 33.0 Å². The van der Waals surface area contributed by atoms with Gasteiger partial charge in [0.15, 0.2) is 0 Å². The van der Waals surface area contributed by atoms with E-state index < -0.39 is 24.1 Å². The summed E-state index contributed by atoms with van der Waals surface area (Å²) in [6, 6.07) is 0. The van der Waals surface area contributed by atoms with Gasteiger partial charge in [-0.3, -0.25) is 0 Å². The summed E-state index contributed by atoms with van der Waals surface area (Å²) in [7, 11) is 0. The Morgan fingerprint density at radius 3 is 1.79 bits per heavy atom. The smallest absolute Gasteiger partial charge is 0.330 e. The molecule has 2 atom stereocenters. The van der Waals surface area contributed by atoms with Crippen LogP contribution >= 0.6 is 0 Å². The molecule has 2 unspecified atom stereocenters. The molecule has 0 fully saturated rings. The van der Waals surface area contributed by atoms with Gasteiger partial charge in [-0.25, -0.2) is 9.59 Å². The van der Waals surface area contributed by atoms with Crippen LogP contribution in [0.1, 0.15) is 40.5 Å². The van der Waals surface area contributed by atoms with E-state index in [1.165, 1.54) is 0 Å². The molecule has 2 N–H and O–H groups in total. The van der Waals surface area contributed by atoms with Crippen molar-refractivity contribution in [3.63, 3.8) is 0 Å². The van der Waals surface area contributed by atoms with Crippen molar-refractivity contribution in [1.29, 1.82) is 0 Å². The molecule has 0 heterocycles. The molecule has 0 aliphatic carbocycles. The topological polar surface area (TPSA) is 112 Å². The number of unbranched alkanes of at least 4 members (excludes halogenated alkanes) is 1. The van der Waals surface area contributed by atoms with Crippen LogP contribution in [-0.2, 0) is 28.5 Å². The van der Waals surface area contributed by atoms with Crippen LogP contribution in [0.3, 0.4) is 0 Å². The maximum absolute atomic E-state index is 10.6. The van der Waals surface area contributed by atoms with Crippen molar-refractivity contribution >= 4 is 11.9 Å². The summed E-state index contributed by atoms with van der Waals surface area (Å²) < 4.78 is 19.7. The molecule has 0 aromatic carbocycles. The molecule has 0 aromatic heterocycles. The molecule has 0 spiro atoms. The first-order valence-electron chi connectivity index (χ1n) is 9.21. The van der Waals surface area contributed by atoms with Crippen molar-refractivity contribution < 1.29 is 38.7 Å². The Bertz CT molecular complexity index is 442. The molecule has 28 heavy (non-hydrogen) atoms. The maximum Gasteiger partial charge on any atom is 0.330 e. The Labute approximate surface area is 168 Å². The van der Waals surface area contributed by atoms with Gasteiger partial charge in [-0.05, 0) is 27.2 Å². The average Bonchev–Trinajstić information content (AvgIpc) is 2.65. The summed E-state index contributed by atoms with van der Waals surface area (Å²) in [4.78, 5) is 21.2. The van der Waals surface area contributed by atoms with Crippen LogP contribution in [0, 0.1) is 0 Å². The summed E-state index contributed by atoms with van der Waals surface area (Å²) in [6.45, 7) is 15.0. The lowest BCUT2D eigenvalue weighted by Crippen LogP contribution is -2.29. The van der Waals surface area contributed by atoms with Gasteiger partial charge in [0.25, 0.3) is 0 Å². The number of hydrogen-bond acceptors (Lipinski definition) is 8. The van der Waals surface area contributed by atoms with E-state index in [9.17, 15) is 19.8 Å². The van der Waals surface area contributed by atoms with Crippen molar-refractivity contribution in [1.82, 2.24) is 0 Å². The van der Waals surface area contributed by atoms with Crippen LogP contribution in [-0.4, -0.2) is 73.0 Å². The first-order valence-corrected chi connectivity index (χ1v) is 9.21. The van der Waals surface area contributed by atoms with Crippen LogP contribution < -0.4 is 0 Å². The summed E-state index contributed by atoms with van der Waals surface area (Å²) in [5.74, 6) is -1.07. The summed E-state index contributed by atoms with van der Waals surface area (Å²) in [5, 5.41) is 18.6. The fourth-order valence-corrected chi connectivity index (χ4v) is 1.38. The highest BCUT2D eigenvalue weighted by molar-refractivity contribution is 5.81. The highest BCUT2D eigenvalue weighted by atomic mass is 16.6. The van der Waals surface area contributed by atoms with E-state index in [0.717, 1.165) is 25.0 Å². The third-order valence-corrected chi connectivity index (χ3v) is 2.83. The van der Waals surface area contributed by atoms with Crippen molar-refractivity contribution in [2.24, 2.45) is 0 Å². The van der Waals surface area contributed by atoms with Crippen LogP contribution in [0.4, 0.5) is 0 Å². The Hall–Kier alpha value is -1.74. The van der Waals surface area contributed by atoms with Gasteiger partial charge in [0, 0.05) is 18.8 Å². The molecular formula is C20H36O8. The molecule has 8 heteroatoms. The number of ether oxygens (including phenoxy) is 4. The molecule has 0 saturated carbocycles. The Morgan fingerprint density at radius 1 is 0.929 bits per heavy atom. The number of aliphatic hydroxyl groups is 2. The molecule has 0 aliphatic rings. The van der Waals surface area contributed by atoms with Gasteiger partial charge >= 0.3 is 11.9 Å². The van der Waals surface area contributed by atoms with E-state index in [1.807, 2.05) is 20.8 Å². The van der Waals surface area contributed by atoms with Crippen LogP contribution in [0.5, 0.6) is 0 Å². The Balaban J connectivity index is 0. The zero-order valence-corrected chi connectivity index (χ0v) is 17.5. The van der Waals surface area contributed by atoms with Crippen LogP contribution in [0.15, 0.2) is 25.3 Å². The molecule has 0 aliphatic heterocycles. The normalized spacial score (nSPS) is 12.8. The molecule has 0 rings (SSSR count). The first-order chi connectivity index (χ1) is 13.1. The number of carbonyl (C=O) groups is 2. The number of rotatable bonds is 13. The highest BCUT2D eigenvalue weighted by Gasteiger charge is 2.14. The number of hydrogen-bond donors (Lipinski definition) is 2. The number of aliphatic hydroxyl groups excluding tert-OH is 2. The predicted molar refractivity (Wildman–Crippen MR) is 106 cm³/mol. The molecule has 8 nitrogen and oxygen atoms in total. The van der Waals surface area contributed by atoms with Gasteiger partial charge in [0.1, 0.15) is 25.4 Å². The molecule has 0 radical (unpaired) electrons. The van der Waals surface area contributed by atoms with Crippen LogP contribution in [0.25, 0.3) is 0 Å². The lowest BCUT2D eigenvalue weighted by atomic mass is 10.2. The summed E-state index contributed by atoms with van der Waals surface area (Å²) in [5.41, 5.74) is -0.302. The second kappa shape index (κ2) is 17.4. The van der Waals surface area contributed by atoms with E-state index in [2.05, 4.69) is 29.6 Å². The van der Waals surface area contributed by atoms with Crippen molar-refractivity contribution in [3.8, 4) is 0 Å². The van der Waals surface area contributed by atoms with Gasteiger partial charge in [-0.1, -0.05) is 26.5 Å². The molecule has 164 valence electrons. The zero-order chi connectivity index (χ0) is 22.0. The fourth-order valence-electron chi connectivity index (χ4n) is 1.38. The minimum Gasteiger partial charge on any atom is -0.460 e. The monoisotopic (exact) mass is 404 g/mol. The molecule has 0 aromatic rings. The lowest BCUT2D eigenvalue weighted by molar-refractivity contribution is -0.143. The average molecular weight is 405 g/mol. The van der Waals surface area contributed by atoms with Crippen molar-refractivity contribution in [2.45, 2.75) is 58.3 Å². The molecule has 0 bridgehead atoms. The van der Waals surface area contributed by atoms with Gasteiger partial charge < -0.3 is 29.2 Å². The minimum atomic E-state index is -0.793. The van der Waals surface area contributed by atoms with Gasteiger partial charge in [0.05, 0.1) is 18.8 Å². The van der Waals surface area contributed by atoms with E-state index in [0.29, 0.717) is 6.61 Å². The third kappa shape index (κ3) is 22.3. The lowest BCUT2D eigenvalue weighted by Gasteiger charge is -2.21. The third-order valence-electron chi connectivity index (χ3n) is 2.83. The predicted octanol–water partition coefficient (Wildman–Crippen LogP) is 1.78. The molecule has 0 saturated heterocycles. The number of carbonyl (C=O) groups excluding carboxylic acids is 2. The Kier molecular flexibility index (Phi) is 17.7. The van der Waals surface area contributed by atoms with E-state index in [-0.39, 0.29) is 32.0 Å². The number of esters is 2. The van der Waals surface area contributed by atoms with E-state index in [4.69, 9.17) is 9.47 Å². The minimum absolute atomic E-state index is 0.0447. The standard InChI is InChI=1S/2C10H18O4/c1-5-9(12)13-6-8(11)7-14-10(2,3)4;1-3-5-6-13-7-9(11)8-14-10(12)4-2/h5,8,11H,1,6-7H2,2-4H3;4,9,11H,2-3,5-8H2,1H3. The van der Waals surface area contributed by atoms with Gasteiger partial charge in [-0.2, -0.15) is 0 Å². The largest absolute Gasteiger partial charge is 0.460 e. The zero-order valence-electron chi connectivity index (χ0n) is 17.5. The highest BCUT2D eigenvalue weighted by Crippen LogP contribution is 2.07.